The molecule has 3 heterocycles. The summed E-state index contributed by atoms with van der Waals surface area (Å²) in [4.78, 5) is 133. The molecule has 4 rings (SSSR count). The smallest absolute Gasteiger partial charge is 0.481 e. The van der Waals surface area contributed by atoms with Crippen molar-refractivity contribution in [2.24, 2.45) is 0 Å². The van der Waals surface area contributed by atoms with Gasteiger partial charge in [0.25, 0.3) is 0 Å². The Morgan fingerprint density at radius 3 is 1.60 bits per heavy atom. The van der Waals surface area contributed by atoms with Gasteiger partial charge in [0.05, 0.1) is 26.2 Å². The van der Waals surface area contributed by atoms with E-state index in [4.69, 9.17) is 15.1 Å². The van der Waals surface area contributed by atoms with Crippen LogP contribution >= 0.6 is 0 Å². The quantitative estimate of drug-likeness (QED) is 0.0423. The molecule has 1 aromatic carbocycles. The number of hydrogen-bond acceptors (Lipinski definition) is 20. The first-order valence-corrected chi connectivity index (χ1v) is 29.1. The van der Waals surface area contributed by atoms with Gasteiger partial charge in [0.15, 0.2) is 0 Å². The standard InChI is InChI=1S/C55H88N14O16.Lu/c1-63(2)53-60-52(57-40-17-15-39(16-18-40)33-41-34-67(37-48(77)78)26-25-65(35-46(73)74)23-24-66(36-47(75)76)29-32-69(41)38-49(79)80)61-54(62-53)68-30-27-64(28-31-68)22-12-8-6-4-3-5-7-9-14-44(70)56-21-11-10-13-42(50(81)82)58-55(85)59-43(51(83)84)19-20-45(71)72;/h15-18,41-43H,3-14,19-38H2,1-2H3,(H,56,70)(H,71,72)(H,73,74)(H,75,76)(H,77,78)(H,79,80)(H,81,82)(H,83,84)(H2,58,59,85)(H,57,60,61,62);/q;+3/t41?,42-,43-;/m0./s1. The molecule has 2 aliphatic heterocycles. The second kappa shape index (κ2) is 40.2. The summed E-state index contributed by atoms with van der Waals surface area (Å²) in [6.07, 6.45) is 9.04. The van der Waals surface area contributed by atoms with Crippen LogP contribution in [0.4, 0.5) is 28.3 Å². The summed E-state index contributed by atoms with van der Waals surface area (Å²) < 4.78 is 0. The molecule has 2 aromatic rings. The Labute approximate surface area is 530 Å². The van der Waals surface area contributed by atoms with Gasteiger partial charge in [-0.3, -0.25) is 53.3 Å². The van der Waals surface area contributed by atoms with Gasteiger partial charge in [-0.1, -0.05) is 50.7 Å². The number of rotatable bonds is 37. The number of aliphatic carboxylic acids is 7. The summed E-state index contributed by atoms with van der Waals surface area (Å²) in [6, 6.07) is 3.17. The van der Waals surface area contributed by atoms with Crippen molar-refractivity contribution in [1.29, 1.82) is 0 Å². The molecule has 486 valence electrons. The number of anilines is 4. The Hall–Kier alpha value is -6.31. The zero-order valence-corrected chi connectivity index (χ0v) is 50.9. The molecule has 1 unspecified atom stereocenters. The van der Waals surface area contributed by atoms with Gasteiger partial charge >= 0.3 is 84.7 Å². The molecular formula is C55H88LuN14O16+3. The second-order valence-corrected chi connectivity index (χ2v) is 21.8. The van der Waals surface area contributed by atoms with Crippen molar-refractivity contribution in [3.05, 3.63) is 29.8 Å². The minimum absolute atomic E-state index is 0. The van der Waals surface area contributed by atoms with Crippen LogP contribution in [0.2, 0.25) is 0 Å². The number of urea groups is 1. The first-order valence-electron chi connectivity index (χ1n) is 29.1. The Morgan fingerprint density at radius 2 is 1.06 bits per heavy atom. The average Bonchev–Trinajstić information content (AvgIpc) is 3.03. The molecule has 30 nitrogen and oxygen atoms in total. The van der Waals surface area contributed by atoms with E-state index in [0.29, 0.717) is 55.8 Å². The van der Waals surface area contributed by atoms with Crippen molar-refractivity contribution in [3.63, 3.8) is 0 Å². The minimum atomic E-state index is -1.49. The fraction of sp³-hybridized carbons (Fsp3) is 0.673. The largest absolute Gasteiger partial charge is 3.00 e. The Balaban J connectivity index is 0.0000194. The number of unbranched alkanes of at least 4 members (excludes halogenated alkanes) is 8. The van der Waals surface area contributed by atoms with Gasteiger partial charge in [-0.15, -0.1) is 0 Å². The first kappa shape index (κ1) is 73.9. The summed E-state index contributed by atoms with van der Waals surface area (Å²) in [5.41, 5.74) is 1.52. The molecule has 3 amide bonds. The number of nitrogens with zero attached hydrogens (tertiary/aromatic N) is 10. The Morgan fingerprint density at radius 1 is 0.547 bits per heavy atom. The van der Waals surface area contributed by atoms with Crippen LogP contribution in [0, 0.1) is 36.9 Å². The number of carbonyl (C=O) groups excluding carboxylic acids is 2. The molecule has 0 bridgehead atoms. The zero-order chi connectivity index (χ0) is 62.3. The van der Waals surface area contributed by atoms with E-state index in [2.05, 4.69) is 36.1 Å². The van der Waals surface area contributed by atoms with Crippen molar-refractivity contribution in [1.82, 2.24) is 55.4 Å². The molecule has 1 aromatic heterocycles. The van der Waals surface area contributed by atoms with Crippen LogP contribution in [0.3, 0.4) is 0 Å². The maximum absolute atomic E-state index is 12.4. The molecule has 31 heteroatoms. The SMILES string of the molecule is CN(C)c1nc(Nc2ccc(CC3CN(CC(=O)O)CCN(CC(=O)O)CCN(CC(=O)O)CCN3CC(=O)O)cc2)nc(N2CCN(CCCCCCCCCCC(=O)NCCCC[C@H](NC(=O)N[C@@H](CCC(=O)O)C(=O)O)C(=O)O)CC2)n1.[Lu+3]. The van der Waals surface area contributed by atoms with Crippen molar-refractivity contribution in [3.8, 4) is 0 Å². The van der Waals surface area contributed by atoms with Crippen LogP contribution in [0.1, 0.15) is 95.5 Å². The number of nitrogens with one attached hydrogen (secondary N) is 4. The van der Waals surface area contributed by atoms with Gasteiger partial charge in [0, 0.05) is 117 Å². The van der Waals surface area contributed by atoms with E-state index in [1.165, 1.54) is 0 Å². The maximum Gasteiger partial charge on any atom is 3.00 e. The molecule has 2 fully saturated rings. The molecule has 11 N–H and O–H groups in total. The third-order valence-electron chi connectivity index (χ3n) is 14.6. The molecule has 0 radical (unpaired) electrons. The van der Waals surface area contributed by atoms with E-state index >= 15 is 0 Å². The minimum Gasteiger partial charge on any atom is -0.481 e. The van der Waals surface area contributed by atoms with Crippen LogP contribution < -0.4 is 31.1 Å². The van der Waals surface area contributed by atoms with Gasteiger partial charge in [0.1, 0.15) is 12.1 Å². The van der Waals surface area contributed by atoms with Crippen molar-refractivity contribution in [2.45, 2.75) is 114 Å². The van der Waals surface area contributed by atoms with E-state index in [1.807, 2.05) is 43.3 Å². The summed E-state index contributed by atoms with van der Waals surface area (Å²) in [6.45, 7) is 4.49. The molecule has 0 saturated carbocycles. The number of carboxylic acid groups (broad SMARTS) is 7. The van der Waals surface area contributed by atoms with Gasteiger partial charge in [0.2, 0.25) is 23.8 Å². The fourth-order valence-electron chi connectivity index (χ4n) is 10.0. The molecule has 86 heavy (non-hydrogen) atoms. The number of carbonyl (C=O) groups is 9. The van der Waals surface area contributed by atoms with E-state index < -0.39 is 72.4 Å². The predicted molar refractivity (Wildman–Crippen MR) is 311 cm³/mol. The van der Waals surface area contributed by atoms with Crippen LogP contribution in [-0.4, -0.2) is 272 Å². The number of piperazine rings is 1. The van der Waals surface area contributed by atoms with Gasteiger partial charge in [-0.05, 0) is 69.2 Å². The first-order chi connectivity index (χ1) is 40.5. The number of amides is 3. The van der Waals surface area contributed by atoms with Crippen LogP contribution in [0.25, 0.3) is 0 Å². The summed E-state index contributed by atoms with van der Waals surface area (Å²) in [5.74, 6) is -7.01. The molecule has 2 saturated heterocycles. The van der Waals surface area contributed by atoms with Crippen molar-refractivity contribution < 1.29 is 116 Å². The van der Waals surface area contributed by atoms with Gasteiger partial charge in [-0.2, -0.15) is 15.0 Å². The van der Waals surface area contributed by atoms with Crippen LogP contribution in [0.5, 0.6) is 0 Å². The molecule has 0 aliphatic carbocycles. The van der Waals surface area contributed by atoms with E-state index in [0.717, 1.165) is 89.7 Å². The Kier molecular flexibility index (Phi) is 34.6. The maximum atomic E-state index is 12.4. The van der Waals surface area contributed by atoms with Crippen LogP contribution in [0.15, 0.2) is 24.3 Å². The molecule has 2 aliphatic rings. The second-order valence-electron chi connectivity index (χ2n) is 21.8. The average molecular weight is 1380 g/mol. The number of carboxylic acids is 7. The third kappa shape index (κ3) is 30.4. The normalized spacial score (nSPS) is 16.7. The molecular weight excluding hydrogens is 1290 g/mol. The number of hydrogen-bond donors (Lipinski definition) is 11. The topological polar surface area (TPSA) is 405 Å². The summed E-state index contributed by atoms with van der Waals surface area (Å²) in [7, 11) is 3.71. The van der Waals surface area contributed by atoms with E-state index in [9.17, 15) is 73.8 Å². The summed E-state index contributed by atoms with van der Waals surface area (Å²) in [5, 5.41) is 77.0. The van der Waals surface area contributed by atoms with Crippen LogP contribution in [-0.2, 0) is 44.8 Å². The van der Waals surface area contributed by atoms with Crippen molar-refractivity contribution >= 4 is 77.3 Å². The predicted octanol–water partition coefficient (Wildman–Crippen LogP) is 1.14. The van der Waals surface area contributed by atoms with E-state index in [1.54, 1.807) is 19.6 Å². The molecule has 0 spiro atoms. The Bertz CT molecular complexity index is 2480. The zero-order valence-electron chi connectivity index (χ0n) is 49.2. The molecule has 3 atom stereocenters. The monoisotopic (exact) mass is 1380 g/mol. The number of benzene rings is 1. The van der Waals surface area contributed by atoms with Gasteiger partial charge in [-0.25, -0.2) is 14.4 Å². The third-order valence-corrected chi connectivity index (χ3v) is 14.6. The van der Waals surface area contributed by atoms with E-state index in [-0.39, 0.29) is 128 Å². The van der Waals surface area contributed by atoms with Crippen molar-refractivity contribution in [2.75, 3.05) is 140 Å². The fourth-order valence-corrected chi connectivity index (χ4v) is 10.0. The summed E-state index contributed by atoms with van der Waals surface area (Å²) >= 11 is 0. The van der Waals surface area contributed by atoms with Gasteiger partial charge < -0.3 is 66.8 Å². The number of aromatic nitrogens is 3.